The number of rotatable bonds is 9. The minimum absolute atomic E-state index is 0.0788. The number of anilines is 2. The third-order valence-corrected chi connectivity index (χ3v) is 4.81. The van der Waals surface area contributed by atoms with Gasteiger partial charge in [0.15, 0.2) is 0 Å². The first-order chi connectivity index (χ1) is 15.1. The van der Waals surface area contributed by atoms with Gasteiger partial charge in [0, 0.05) is 37.4 Å². The molecule has 3 N–H and O–H groups in total. The lowest BCUT2D eigenvalue weighted by atomic mass is 10.1. The first-order valence-electron chi connectivity index (χ1n) is 10.4. The van der Waals surface area contributed by atoms with Gasteiger partial charge in [0.05, 0.1) is 26.2 Å². The number of hydrogen-bond acceptors (Lipinski definition) is 5. The monoisotopic (exact) mass is 424 g/mol. The van der Waals surface area contributed by atoms with Gasteiger partial charge in [0.1, 0.15) is 0 Å². The zero-order chi connectivity index (χ0) is 21.9. The molecule has 0 spiro atoms. The van der Waals surface area contributed by atoms with Gasteiger partial charge in [-0.25, -0.2) is 0 Å². The second-order valence-corrected chi connectivity index (χ2v) is 7.32. The summed E-state index contributed by atoms with van der Waals surface area (Å²) in [5.41, 5.74) is 2.23. The molecule has 0 radical (unpaired) electrons. The maximum absolute atomic E-state index is 12.1. The Bertz CT molecular complexity index is 865. The number of ether oxygens (including phenoxy) is 1. The summed E-state index contributed by atoms with van der Waals surface area (Å²) in [7, 11) is 0. The summed E-state index contributed by atoms with van der Waals surface area (Å²) in [6.45, 7) is 3.41. The zero-order valence-corrected chi connectivity index (χ0v) is 17.4. The van der Waals surface area contributed by atoms with Crippen LogP contribution in [-0.2, 0) is 25.5 Å². The van der Waals surface area contributed by atoms with Crippen molar-refractivity contribution in [2.75, 3.05) is 50.0 Å². The summed E-state index contributed by atoms with van der Waals surface area (Å²) < 4.78 is 5.28. The van der Waals surface area contributed by atoms with Crippen molar-refractivity contribution in [2.24, 2.45) is 0 Å². The molecule has 164 valence electrons. The van der Waals surface area contributed by atoms with Crippen LogP contribution in [0.25, 0.3) is 0 Å². The van der Waals surface area contributed by atoms with E-state index < -0.39 is 0 Å². The van der Waals surface area contributed by atoms with E-state index in [9.17, 15) is 14.4 Å². The number of carbonyl (C=O) groups excluding carboxylic acids is 3. The molecule has 3 amide bonds. The molecule has 0 bridgehead atoms. The summed E-state index contributed by atoms with van der Waals surface area (Å²) >= 11 is 0. The molecule has 1 heterocycles. The van der Waals surface area contributed by atoms with Crippen LogP contribution in [-0.4, -0.2) is 62.0 Å². The highest BCUT2D eigenvalue weighted by Crippen LogP contribution is 2.14. The SMILES string of the molecule is O=C(Cc1ccccc1)NCCC(=O)Nc1ccc(NC(=O)CN2CCOCC2)cc1. The number of benzene rings is 2. The van der Waals surface area contributed by atoms with Crippen molar-refractivity contribution < 1.29 is 19.1 Å². The van der Waals surface area contributed by atoms with E-state index >= 15 is 0 Å². The van der Waals surface area contributed by atoms with Gasteiger partial charge in [-0.05, 0) is 29.8 Å². The lowest BCUT2D eigenvalue weighted by Gasteiger charge is -2.25. The van der Waals surface area contributed by atoms with Gasteiger partial charge in [-0.1, -0.05) is 30.3 Å². The number of amides is 3. The van der Waals surface area contributed by atoms with Gasteiger partial charge in [-0.3, -0.25) is 19.3 Å². The van der Waals surface area contributed by atoms with E-state index in [-0.39, 0.29) is 30.7 Å². The Kier molecular flexibility index (Phi) is 8.57. The summed E-state index contributed by atoms with van der Waals surface area (Å²) in [6.07, 6.45) is 0.472. The number of nitrogens with one attached hydrogen (secondary N) is 3. The van der Waals surface area contributed by atoms with Crippen molar-refractivity contribution in [1.29, 1.82) is 0 Å². The molecule has 3 rings (SSSR count). The highest BCUT2D eigenvalue weighted by atomic mass is 16.5. The fourth-order valence-electron chi connectivity index (χ4n) is 3.18. The molecule has 1 aliphatic rings. The molecule has 0 aliphatic carbocycles. The van der Waals surface area contributed by atoms with Crippen LogP contribution < -0.4 is 16.0 Å². The lowest BCUT2D eigenvalue weighted by molar-refractivity contribution is -0.121. The Morgan fingerprint density at radius 3 is 2.06 bits per heavy atom. The Morgan fingerprint density at radius 2 is 1.42 bits per heavy atom. The summed E-state index contributed by atoms with van der Waals surface area (Å²) in [6, 6.07) is 16.4. The van der Waals surface area contributed by atoms with Crippen molar-refractivity contribution in [2.45, 2.75) is 12.8 Å². The van der Waals surface area contributed by atoms with Crippen LogP contribution in [0.1, 0.15) is 12.0 Å². The third-order valence-electron chi connectivity index (χ3n) is 4.81. The van der Waals surface area contributed by atoms with Crippen LogP contribution in [0.2, 0.25) is 0 Å². The van der Waals surface area contributed by atoms with Gasteiger partial charge in [-0.15, -0.1) is 0 Å². The third kappa shape index (κ3) is 8.19. The molecule has 31 heavy (non-hydrogen) atoms. The van der Waals surface area contributed by atoms with Crippen molar-refractivity contribution in [3.8, 4) is 0 Å². The first kappa shape index (κ1) is 22.5. The van der Waals surface area contributed by atoms with E-state index in [0.29, 0.717) is 37.6 Å². The number of carbonyl (C=O) groups is 3. The topological polar surface area (TPSA) is 99.8 Å². The number of hydrogen-bond donors (Lipinski definition) is 3. The molecule has 8 heteroatoms. The maximum atomic E-state index is 12.1. The standard InChI is InChI=1S/C23H28N4O4/c28-21(10-11-24-22(29)16-18-4-2-1-3-5-18)25-19-6-8-20(9-7-19)26-23(30)17-27-12-14-31-15-13-27/h1-9H,10-17H2,(H,24,29)(H,25,28)(H,26,30). The number of morpholine rings is 1. The summed E-state index contributed by atoms with van der Waals surface area (Å²) in [4.78, 5) is 38.2. The van der Waals surface area contributed by atoms with E-state index in [4.69, 9.17) is 4.74 Å². The Hall–Kier alpha value is -3.23. The van der Waals surface area contributed by atoms with E-state index in [1.807, 2.05) is 35.2 Å². The predicted molar refractivity (Wildman–Crippen MR) is 119 cm³/mol. The van der Waals surface area contributed by atoms with Gasteiger partial charge in [0.2, 0.25) is 17.7 Å². The van der Waals surface area contributed by atoms with E-state index in [2.05, 4.69) is 16.0 Å². The molecule has 1 fully saturated rings. The average Bonchev–Trinajstić information content (AvgIpc) is 2.76. The Labute approximate surface area is 182 Å². The maximum Gasteiger partial charge on any atom is 0.238 e. The van der Waals surface area contributed by atoms with Crippen LogP contribution in [0.15, 0.2) is 54.6 Å². The molecule has 0 aromatic heterocycles. The average molecular weight is 425 g/mol. The lowest BCUT2D eigenvalue weighted by Crippen LogP contribution is -2.41. The summed E-state index contributed by atoms with van der Waals surface area (Å²) in [5.74, 6) is -0.384. The fraction of sp³-hybridized carbons (Fsp3) is 0.348. The van der Waals surface area contributed by atoms with E-state index in [0.717, 1.165) is 18.7 Å². The quantitative estimate of drug-likeness (QED) is 0.568. The fourth-order valence-corrected chi connectivity index (χ4v) is 3.18. The normalized spacial score (nSPS) is 13.9. The minimum Gasteiger partial charge on any atom is -0.379 e. The second-order valence-electron chi connectivity index (χ2n) is 7.32. The van der Waals surface area contributed by atoms with Crippen LogP contribution in [0.4, 0.5) is 11.4 Å². The highest BCUT2D eigenvalue weighted by Gasteiger charge is 2.14. The molecule has 2 aromatic carbocycles. The van der Waals surface area contributed by atoms with E-state index in [1.54, 1.807) is 24.3 Å². The minimum atomic E-state index is -0.191. The van der Waals surface area contributed by atoms with Gasteiger partial charge in [-0.2, -0.15) is 0 Å². The first-order valence-corrected chi connectivity index (χ1v) is 10.4. The smallest absolute Gasteiger partial charge is 0.238 e. The van der Waals surface area contributed by atoms with Gasteiger partial charge < -0.3 is 20.7 Å². The summed E-state index contributed by atoms with van der Waals surface area (Å²) in [5, 5.41) is 8.39. The van der Waals surface area contributed by atoms with Crippen molar-refractivity contribution >= 4 is 29.1 Å². The van der Waals surface area contributed by atoms with Crippen molar-refractivity contribution in [3.63, 3.8) is 0 Å². The molecule has 0 unspecified atom stereocenters. The molecular formula is C23H28N4O4. The Morgan fingerprint density at radius 1 is 0.806 bits per heavy atom. The Balaban J connectivity index is 1.34. The predicted octanol–water partition coefficient (Wildman–Crippen LogP) is 1.64. The largest absolute Gasteiger partial charge is 0.379 e. The van der Waals surface area contributed by atoms with Crippen molar-refractivity contribution in [1.82, 2.24) is 10.2 Å². The van der Waals surface area contributed by atoms with Crippen LogP contribution >= 0.6 is 0 Å². The molecular weight excluding hydrogens is 396 g/mol. The second kappa shape index (κ2) is 11.8. The zero-order valence-electron chi connectivity index (χ0n) is 17.4. The van der Waals surface area contributed by atoms with E-state index in [1.165, 1.54) is 0 Å². The molecule has 2 aromatic rings. The number of nitrogens with zero attached hydrogens (tertiary/aromatic N) is 1. The molecule has 8 nitrogen and oxygen atoms in total. The highest BCUT2D eigenvalue weighted by molar-refractivity contribution is 5.94. The van der Waals surface area contributed by atoms with Crippen LogP contribution in [0, 0.1) is 0 Å². The van der Waals surface area contributed by atoms with Gasteiger partial charge in [0.25, 0.3) is 0 Å². The molecule has 0 saturated carbocycles. The van der Waals surface area contributed by atoms with Crippen LogP contribution in [0.3, 0.4) is 0 Å². The van der Waals surface area contributed by atoms with Gasteiger partial charge >= 0.3 is 0 Å². The van der Waals surface area contributed by atoms with Crippen LogP contribution in [0.5, 0.6) is 0 Å². The molecule has 0 atom stereocenters. The molecule has 1 saturated heterocycles. The molecule has 1 aliphatic heterocycles. The van der Waals surface area contributed by atoms with Crippen molar-refractivity contribution in [3.05, 3.63) is 60.2 Å².